The van der Waals surface area contributed by atoms with E-state index >= 15 is 0 Å². The van der Waals surface area contributed by atoms with Crippen LogP contribution < -0.4 is 15.5 Å². The van der Waals surface area contributed by atoms with Crippen LogP contribution >= 0.6 is 11.3 Å². The summed E-state index contributed by atoms with van der Waals surface area (Å²) in [6.07, 6.45) is 5.43. The molecule has 1 aliphatic heterocycles. The molecule has 2 fully saturated rings. The van der Waals surface area contributed by atoms with Crippen molar-refractivity contribution in [2.24, 2.45) is 7.05 Å². The molecule has 4 rings (SSSR count). The van der Waals surface area contributed by atoms with Gasteiger partial charge in [-0.2, -0.15) is 5.10 Å². The van der Waals surface area contributed by atoms with Gasteiger partial charge in [-0.1, -0.05) is 0 Å². The van der Waals surface area contributed by atoms with Gasteiger partial charge in [0.15, 0.2) is 5.13 Å². The van der Waals surface area contributed by atoms with E-state index in [2.05, 4.69) is 20.7 Å². The maximum atomic E-state index is 12.7. The lowest BCUT2D eigenvalue weighted by Gasteiger charge is -2.32. The topological polar surface area (TPSA) is 92.2 Å². The molecule has 2 aromatic rings. The van der Waals surface area contributed by atoms with Crippen molar-refractivity contribution in [2.75, 3.05) is 16.8 Å². The minimum atomic E-state index is -0.530. The summed E-state index contributed by atoms with van der Waals surface area (Å²) < 4.78 is 1.67. The molecular weight excluding hydrogens is 340 g/mol. The highest BCUT2D eigenvalue weighted by Gasteiger charge is 2.32. The molecule has 2 aromatic heterocycles. The highest BCUT2D eigenvalue weighted by molar-refractivity contribution is 7.13. The van der Waals surface area contributed by atoms with E-state index in [-0.39, 0.29) is 11.8 Å². The average molecular weight is 360 g/mol. The zero-order valence-corrected chi connectivity index (χ0v) is 14.8. The summed E-state index contributed by atoms with van der Waals surface area (Å²) in [6, 6.07) is 1.77. The van der Waals surface area contributed by atoms with Crippen molar-refractivity contribution in [1.29, 1.82) is 0 Å². The largest absolute Gasteiger partial charge is 0.359 e. The number of anilines is 2. The second-order valence-electron chi connectivity index (χ2n) is 6.43. The summed E-state index contributed by atoms with van der Waals surface area (Å²) in [5.74, 6) is 0.341. The molecule has 0 spiro atoms. The van der Waals surface area contributed by atoms with Gasteiger partial charge in [-0.05, 0) is 25.7 Å². The highest BCUT2D eigenvalue weighted by Crippen LogP contribution is 2.27. The molecular formula is C16H20N6O2S. The number of nitrogens with zero attached hydrogens (tertiary/aromatic N) is 4. The van der Waals surface area contributed by atoms with Crippen LogP contribution in [0.25, 0.3) is 0 Å². The molecule has 8 nitrogen and oxygen atoms in total. The van der Waals surface area contributed by atoms with Gasteiger partial charge in [0.25, 0.3) is 11.8 Å². The van der Waals surface area contributed by atoms with E-state index in [4.69, 9.17) is 0 Å². The van der Waals surface area contributed by atoms with Gasteiger partial charge in [0.2, 0.25) is 0 Å². The predicted octanol–water partition coefficient (Wildman–Crippen LogP) is 1.38. The van der Waals surface area contributed by atoms with Crippen LogP contribution in [0.2, 0.25) is 0 Å². The number of piperidine rings is 1. The van der Waals surface area contributed by atoms with Gasteiger partial charge in [-0.15, -0.1) is 11.3 Å². The van der Waals surface area contributed by atoms with Crippen molar-refractivity contribution in [3.63, 3.8) is 0 Å². The summed E-state index contributed by atoms with van der Waals surface area (Å²) in [5, 5.41) is 12.7. The number of aryl methyl sites for hydroxylation is 1. The molecule has 0 bridgehead atoms. The Hall–Kier alpha value is -2.42. The van der Waals surface area contributed by atoms with E-state index in [1.165, 1.54) is 11.3 Å². The van der Waals surface area contributed by atoms with Crippen molar-refractivity contribution in [3.05, 3.63) is 23.3 Å². The first kappa shape index (κ1) is 16.1. The number of carbonyl (C=O) groups is 2. The molecule has 1 unspecified atom stereocenters. The fraction of sp³-hybridized carbons (Fsp3) is 0.500. The number of hydrogen-bond donors (Lipinski definition) is 2. The number of amides is 2. The Morgan fingerprint density at radius 3 is 2.92 bits per heavy atom. The van der Waals surface area contributed by atoms with Crippen LogP contribution in [0.5, 0.6) is 0 Å². The summed E-state index contributed by atoms with van der Waals surface area (Å²) in [5.41, 5.74) is 0.360. The number of hydrogen-bond acceptors (Lipinski definition) is 6. The van der Waals surface area contributed by atoms with Crippen LogP contribution in [0.4, 0.5) is 10.9 Å². The third-order valence-corrected chi connectivity index (χ3v) is 5.23. The second-order valence-corrected chi connectivity index (χ2v) is 7.29. The summed E-state index contributed by atoms with van der Waals surface area (Å²) in [4.78, 5) is 31.2. The number of thiazole rings is 1. The zero-order valence-electron chi connectivity index (χ0n) is 13.9. The molecule has 3 heterocycles. The first-order valence-corrected chi connectivity index (χ1v) is 9.32. The molecule has 25 heavy (non-hydrogen) atoms. The van der Waals surface area contributed by atoms with Crippen LogP contribution in [0.1, 0.15) is 36.2 Å². The Labute approximate surface area is 149 Å². The van der Waals surface area contributed by atoms with Gasteiger partial charge in [0.1, 0.15) is 17.6 Å². The molecule has 1 saturated heterocycles. The number of aromatic nitrogens is 3. The van der Waals surface area contributed by atoms with Crippen molar-refractivity contribution >= 4 is 34.1 Å². The first-order chi connectivity index (χ1) is 12.1. The van der Waals surface area contributed by atoms with Gasteiger partial charge in [-0.25, -0.2) is 4.98 Å². The lowest BCUT2D eigenvalue weighted by molar-refractivity contribution is -0.121. The van der Waals surface area contributed by atoms with E-state index in [1.54, 1.807) is 34.3 Å². The number of nitrogens with one attached hydrogen (secondary N) is 2. The average Bonchev–Trinajstić information content (AvgIpc) is 3.10. The van der Waals surface area contributed by atoms with E-state index in [1.807, 2.05) is 0 Å². The van der Waals surface area contributed by atoms with Gasteiger partial charge in [0.05, 0.1) is 6.20 Å². The molecule has 2 aliphatic rings. The van der Waals surface area contributed by atoms with Crippen molar-refractivity contribution in [1.82, 2.24) is 20.1 Å². The minimum Gasteiger partial charge on any atom is -0.359 e. The van der Waals surface area contributed by atoms with Crippen LogP contribution in [0.15, 0.2) is 17.6 Å². The van der Waals surface area contributed by atoms with Gasteiger partial charge in [-0.3, -0.25) is 19.2 Å². The number of carbonyl (C=O) groups excluding carboxylic acids is 2. The fourth-order valence-electron chi connectivity index (χ4n) is 2.95. The van der Waals surface area contributed by atoms with Crippen molar-refractivity contribution in [3.8, 4) is 0 Å². The molecule has 9 heteroatoms. The Morgan fingerprint density at radius 1 is 1.36 bits per heavy atom. The standard InChI is InChI=1S/C16H20N6O2S/c1-21-13(6-7-17-21)22-8-2-3-11(15(22)24)19-14(23)12-9-25-16(20-12)18-10-4-5-10/h6-7,9-11H,2-5,8H2,1H3,(H,18,20)(H,19,23). The second kappa shape index (κ2) is 6.47. The quantitative estimate of drug-likeness (QED) is 0.840. The predicted molar refractivity (Wildman–Crippen MR) is 94.8 cm³/mol. The lowest BCUT2D eigenvalue weighted by atomic mass is 10.0. The van der Waals surface area contributed by atoms with E-state index in [0.29, 0.717) is 24.7 Å². The SMILES string of the molecule is Cn1nccc1N1CCCC(NC(=O)c2csc(NC3CC3)n2)C1=O. The molecule has 1 saturated carbocycles. The molecule has 132 valence electrons. The molecule has 2 amide bonds. The smallest absolute Gasteiger partial charge is 0.271 e. The maximum absolute atomic E-state index is 12.7. The molecule has 0 radical (unpaired) electrons. The summed E-state index contributed by atoms with van der Waals surface area (Å²) >= 11 is 1.42. The van der Waals surface area contributed by atoms with Gasteiger partial charge < -0.3 is 10.6 Å². The van der Waals surface area contributed by atoms with Crippen molar-refractivity contribution < 1.29 is 9.59 Å². The van der Waals surface area contributed by atoms with Crippen LogP contribution in [-0.4, -0.2) is 45.2 Å². The Morgan fingerprint density at radius 2 is 2.20 bits per heavy atom. The maximum Gasteiger partial charge on any atom is 0.271 e. The summed E-state index contributed by atoms with van der Waals surface area (Å²) in [7, 11) is 1.80. The third-order valence-electron chi connectivity index (χ3n) is 4.46. The van der Waals surface area contributed by atoms with E-state index in [9.17, 15) is 9.59 Å². The first-order valence-electron chi connectivity index (χ1n) is 8.44. The summed E-state index contributed by atoms with van der Waals surface area (Å²) in [6.45, 7) is 0.636. The minimum absolute atomic E-state index is 0.102. The van der Waals surface area contributed by atoms with Crippen molar-refractivity contribution in [2.45, 2.75) is 37.8 Å². The zero-order chi connectivity index (χ0) is 17.4. The Bertz CT molecular complexity index is 796. The Balaban J connectivity index is 1.42. The van der Waals surface area contributed by atoms with E-state index < -0.39 is 6.04 Å². The van der Waals surface area contributed by atoms with E-state index in [0.717, 1.165) is 30.2 Å². The normalized spacial score (nSPS) is 20.6. The van der Waals surface area contributed by atoms with Crippen LogP contribution in [0.3, 0.4) is 0 Å². The molecule has 0 aromatic carbocycles. The lowest BCUT2D eigenvalue weighted by Crippen LogP contribution is -2.53. The fourth-order valence-corrected chi connectivity index (χ4v) is 3.72. The van der Waals surface area contributed by atoms with Crippen LogP contribution in [0, 0.1) is 0 Å². The van der Waals surface area contributed by atoms with Crippen LogP contribution in [-0.2, 0) is 11.8 Å². The highest BCUT2D eigenvalue weighted by atomic mass is 32.1. The van der Waals surface area contributed by atoms with Gasteiger partial charge in [0, 0.05) is 31.1 Å². The monoisotopic (exact) mass is 360 g/mol. The number of rotatable bonds is 5. The molecule has 1 atom stereocenters. The Kier molecular flexibility index (Phi) is 4.16. The molecule has 2 N–H and O–H groups in total. The third kappa shape index (κ3) is 3.37. The van der Waals surface area contributed by atoms with Gasteiger partial charge >= 0.3 is 0 Å². The molecule has 1 aliphatic carbocycles.